The zero-order valence-corrected chi connectivity index (χ0v) is 13.5. The fraction of sp³-hybridized carbons (Fsp3) is 0.500. The molecule has 0 spiro atoms. The number of thiazole rings is 1. The summed E-state index contributed by atoms with van der Waals surface area (Å²) < 4.78 is 6.26. The molecule has 0 unspecified atom stereocenters. The third-order valence-corrected chi connectivity index (χ3v) is 5.38. The molecule has 2 aromatic rings. The van der Waals surface area contributed by atoms with Gasteiger partial charge in [-0.15, -0.1) is 0 Å². The minimum absolute atomic E-state index is 0.500. The molecule has 0 atom stereocenters. The first-order valence-corrected chi connectivity index (χ1v) is 8.35. The van der Waals surface area contributed by atoms with Crippen LogP contribution in [0.4, 0.5) is 5.13 Å². The number of rotatable bonds is 3. The van der Waals surface area contributed by atoms with Crippen molar-refractivity contribution in [3.8, 4) is 5.75 Å². The van der Waals surface area contributed by atoms with Crippen molar-refractivity contribution in [2.75, 3.05) is 12.4 Å². The lowest BCUT2D eigenvalue weighted by atomic mass is 9.96. The molecule has 1 aliphatic rings. The van der Waals surface area contributed by atoms with Crippen molar-refractivity contribution in [3.63, 3.8) is 0 Å². The molecule has 1 aromatic heterocycles. The van der Waals surface area contributed by atoms with Crippen molar-refractivity contribution >= 4 is 49.9 Å². The van der Waals surface area contributed by atoms with E-state index in [9.17, 15) is 0 Å². The Morgan fingerprint density at radius 1 is 1.25 bits per heavy atom. The van der Waals surface area contributed by atoms with E-state index in [-0.39, 0.29) is 0 Å². The van der Waals surface area contributed by atoms with Gasteiger partial charge in [-0.25, -0.2) is 4.98 Å². The number of nitrogens with one attached hydrogen (secondary N) is 1. The van der Waals surface area contributed by atoms with Gasteiger partial charge in [-0.1, -0.05) is 53.8 Å². The van der Waals surface area contributed by atoms with E-state index >= 15 is 0 Å². The predicted molar refractivity (Wildman–Crippen MR) is 86.7 cm³/mol. The number of anilines is 1. The quantitative estimate of drug-likeness (QED) is 0.822. The van der Waals surface area contributed by atoms with E-state index in [1.54, 1.807) is 24.5 Å². The topological polar surface area (TPSA) is 34.1 Å². The number of aromatic nitrogens is 1. The second kappa shape index (κ2) is 5.96. The van der Waals surface area contributed by atoms with Crippen molar-refractivity contribution < 1.29 is 4.74 Å². The lowest BCUT2D eigenvalue weighted by Gasteiger charge is -2.22. The van der Waals surface area contributed by atoms with E-state index < -0.39 is 0 Å². The number of fused-ring (bicyclic) bond motifs is 1. The van der Waals surface area contributed by atoms with Crippen LogP contribution in [0.15, 0.2) is 6.07 Å². The average Bonchev–Trinajstić information content (AvgIpc) is 2.84. The Bertz CT molecular complexity index is 623. The number of benzene rings is 1. The SMILES string of the molecule is COc1c(Cl)cc(Cl)c2sc(NC3CCCCC3)nc12. The monoisotopic (exact) mass is 330 g/mol. The second-order valence-electron chi connectivity index (χ2n) is 5.05. The molecule has 6 heteroatoms. The number of nitrogens with zero attached hydrogens (tertiary/aromatic N) is 1. The van der Waals surface area contributed by atoms with E-state index in [1.807, 2.05) is 0 Å². The van der Waals surface area contributed by atoms with Crippen LogP contribution in [0.5, 0.6) is 5.75 Å². The van der Waals surface area contributed by atoms with Crippen molar-refractivity contribution in [3.05, 3.63) is 16.1 Å². The Labute approximate surface area is 132 Å². The molecule has 3 nitrogen and oxygen atoms in total. The maximum absolute atomic E-state index is 6.25. The normalized spacial score (nSPS) is 16.6. The fourth-order valence-electron chi connectivity index (χ4n) is 2.67. The van der Waals surface area contributed by atoms with Crippen LogP contribution >= 0.6 is 34.5 Å². The zero-order valence-electron chi connectivity index (χ0n) is 11.2. The molecule has 1 N–H and O–H groups in total. The Hall–Kier alpha value is -0.710. The molecule has 108 valence electrons. The van der Waals surface area contributed by atoms with Crippen LogP contribution in [0.1, 0.15) is 32.1 Å². The Morgan fingerprint density at radius 2 is 2.00 bits per heavy atom. The maximum atomic E-state index is 6.25. The maximum Gasteiger partial charge on any atom is 0.184 e. The molecule has 1 fully saturated rings. The van der Waals surface area contributed by atoms with Gasteiger partial charge in [-0.3, -0.25) is 0 Å². The number of hydrogen-bond donors (Lipinski definition) is 1. The van der Waals surface area contributed by atoms with Gasteiger partial charge in [0.1, 0.15) is 5.52 Å². The van der Waals surface area contributed by atoms with E-state index in [2.05, 4.69) is 10.3 Å². The van der Waals surface area contributed by atoms with E-state index in [0.717, 1.165) is 15.3 Å². The summed E-state index contributed by atoms with van der Waals surface area (Å²) >= 11 is 14.0. The molecule has 0 saturated heterocycles. The molecule has 1 aromatic carbocycles. The minimum atomic E-state index is 0.500. The first kappa shape index (κ1) is 14.2. The summed E-state index contributed by atoms with van der Waals surface area (Å²) in [6, 6.07) is 2.23. The van der Waals surface area contributed by atoms with Gasteiger partial charge in [-0.05, 0) is 18.9 Å². The summed E-state index contributed by atoms with van der Waals surface area (Å²) in [5.74, 6) is 0.596. The molecule has 0 amide bonds. The van der Waals surface area contributed by atoms with Crippen LogP contribution in [0.25, 0.3) is 10.2 Å². The van der Waals surface area contributed by atoms with Gasteiger partial charge in [-0.2, -0.15) is 0 Å². The summed E-state index contributed by atoms with van der Waals surface area (Å²) in [4.78, 5) is 4.61. The molecule has 1 aliphatic carbocycles. The summed E-state index contributed by atoms with van der Waals surface area (Å²) in [6.07, 6.45) is 6.34. The lowest BCUT2D eigenvalue weighted by molar-refractivity contribution is 0.419. The zero-order chi connectivity index (χ0) is 14.1. The second-order valence-corrected chi connectivity index (χ2v) is 6.86. The van der Waals surface area contributed by atoms with Crippen molar-refractivity contribution in [1.29, 1.82) is 0 Å². The molecular weight excluding hydrogens is 315 g/mol. The largest absolute Gasteiger partial charge is 0.493 e. The highest BCUT2D eigenvalue weighted by atomic mass is 35.5. The molecule has 1 heterocycles. The summed E-state index contributed by atoms with van der Waals surface area (Å²) in [5, 5.41) is 5.54. The van der Waals surface area contributed by atoms with Crippen LogP contribution in [-0.2, 0) is 0 Å². The third kappa shape index (κ3) is 2.69. The molecule has 1 saturated carbocycles. The highest BCUT2D eigenvalue weighted by Gasteiger charge is 2.19. The number of ether oxygens (including phenoxy) is 1. The molecule has 0 aliphatic heterocycles. The predicted octanol–water partition coefficient (Wildman–Crippen LogP) is 5.36. The average molecular weight is 331 g/mol. The van der Waals surface area contributed by atoms with Gasteiger partial charge in [0.25, 0.3) is 0 Å². The molecule has 0 radical (unpaired) electrons. The summed E-state index contributed by atoms with van der Waals surface area (Å²) in [5.41, 5.74) is 0.744. The standard InChI is InChI=1S/C14H16Cl2N2OS/c1-19-12-9(15)7-10(16)13-11(12)18-14(20-13)17-8-5-3-2-4-6-8/h7-8H,2-6H2,1H3,(H,17,18). The van der Waals surface area contributed by atoms with Gasteiger partial charge in [0.15, 0.2) is 10.9 Å². The van der Waals surface area contributed by atoms with Crippen molar-refractivity contribution in [1.82, 2.24) is 4.98 Å². The number of halogens is 2. The van der Waals surface area contributed by atoms with Gasteiger partial charge in [0.05, 0.1) is 21.9 Å². The fourth-order valence-corrected chi connectivity index (χ4v) is 4.26. The first-order chi connectivity index (χ1) is 9.69. The highest BCUT2D eigenvalue weighted by molar-refractivity contribution is 7.22. The molecule has 3 rings (SSSR count). The Morgan fingerprint density at radius 3 is 2.70 bits per heavy atom. The molecule has 20 heavy (non-hydrogen) atoms. The molecular formula is C14H16Cl2N2OS. The van der Waals surface area contributed by atoms with E-state index in [0.29, 0.717) is 21.8 Å². The molecule has 0 bridgehead atoms. The van der Waals surface area contributed by atoms with Crippen LogP contribution < -0.4 is 10.1 Å². The van der Waals surface area contributed by atoms with Gasteiger partial charge >= 0.3 is 0 Å². The Balaban J connectivity index is 1.95. The number of methoxy groups -OCH3 is 1. The van der Waals surface area contributed by atoms with Gasteiger partial charge < -0.3 is 10.1 Å². The van der Waals surface area contributed by atoms with E-state index in [4.69, 9.17) is 27.9 Å². The highest BCUT2D eigenvalue weighted by Crippen LogP contribution is 2.42. The minimum Gasteiger partial charge on any atom is -0.493 e. The van der Waals surface area contributed by atoms with Crippen molar-refractivity contribution in [2.24, 2.45) is 0 Å². The summed E-state index contributed by atoms with van der Waals surface area (Å²) in [6.45, 7) is 0. The van der Waals surface area contributed by atoms with Crippen LogP contribution in [-0.4, -0.2) is 18.1 Å². The van der Waals surface area contributed by atoms with Crippen LogP contribution in [0.3, 0.4) is 0 Å². The van der Waals surface area contributed by atoms with Gasteiger partial charge in [0.2, 0.25) is 0 Å². The first-order valence-electron chi connectivity index (χ1n) is 6.78. The number of hydrogen-bond acceptors (Lipinski definition) is 4. The van der Waals surface area contributed by atoms with Crippen molar-refractivity contribution in [2.45, 2.75) is 38.1 Å². The van der Waals surface area contributed by atoms with Crippen LogP contribution in [0.2, 0.25) is 10.0 Å². The lowest BCUT2D eigenvalue weighted by Crippen LogP contribution is -2.21. The summed E-state index contributed by atoms with van der Waals surface area (Å²) in [7, 11) is 1.60. The van der Waals surface area contributed by atoms with Gasteiger partial charge in [0, 0.05) is 6.04 Å². The third-order valence-electron chi connectivity index (χ3n) is 3.67. The Kier molecular flexibility index (Phi) is 4.24. The van der Waals surface area contributed by atoms with Crippen LogP contribution in [0, 0.1) is 0 Å². The van der Waals surface area contributed by atoms with E-state index in [1.165, 1.54) is 32.1 Å². The smallest absolute Gasteiger partial charge is 0.184 e.